The van der Waals surface area contributed by atoms with Crippen molar-refractivity contribution >= 4 is 41.2 Å². The van der Waals surface area contributed by atoms with Crippen molar-refractivity contribution in [3.05, 3.63) is 46.3 Å². The minimum Gasteiger partial charge on any atom is -0.477 e. The largest absolute Gasteiger partial charge is 0.477 e. The zero-order valence-electron chi connectivity index (χ0n) is 13.1. The van der Waals surface area contributed by atoms with Crippen LogP contribution < -0.4 is 15.6 Å². The number of anilines is 1. The first-order valence-corrected chi connectivity index (χ1v) is 7.34. The highest BCUT2D eigenvalue weighted by atomic mass is 35.5. The molecule has 0 radical (unpaired) electrons. The lowest BCUT2D eigenvalue weighted by Gasteiger charge is -2.30. The van der Waals surface area contributed by atoms with Crippen LogP contribution in [0.3, 0.4) is 0 Å². The monoisotopic (exact) mass is 371 g/mol. The van der Waals surface area contributed by atoms with Gasteiger partial charge in [-0.2, -0.15) is 0 Å². The summed E-state index contributed by atoms with van der Waals surface area (Å²) < 4.78 is 30.6. The zero-order chi connectivity index (χ0) is 17.4. The van der Waals surface area contributed by atoms with Crippen molar-refractivity contribution in [2.75, 3.05) is 31.1 Å². The molecular formula is C16H16ClF2N3O3. The van der Waals surface area contributed by atoms with Crippen molar-refractivity contribution in [2.24, 2.45) is 0 Å². The summed E-state index contributed by atoms with van der Waals surface area (Å²) in [5, 5.41) is 11.9. The summed E-state index contributed by atoms with van der Waals surface area (Å²) in [7, 11) is 0. The SMILES string of the molecule is C=Cn1cc(C(=O)O)c(=O)c2cc(F)c(N3CCNCC3)c(F)c21.Cl. The summed E-state index contributed by atoms with van der Waals surface area (Å²) in [5.74, 6) is -3.26. The van der Waals surface area contributed by atoms with Crippen LogP contribution in [0.25, 0.3) is 17.1 Å². The first-order chi connectivity index (χ1) is 11.5. The van der Waals surface area contributed by atoms with E-state index in [1.807, 2.05) is 0 Å². The molecule has 25 heavy (non-hydrogen) atoms. The van der Waals surface area contributed by atoms with Crippen LogP contribution in [0.4, 0.5) is 14.5 Å². The fraction of sp³-hybridized carbons (Fsp3) is 0.250. The number of aromatic carboxylic acids is 1. The molecule has 0 unspecified atom stereocenters. The molecule has 9 heteroatoms. The number of pyridine rings is 1. The third-order valence-corrected chi connectivity index (χ3v) is 4.04. The lowest BCUT2D eigenvalue weighted by molar-refractivity contribution is 0.0695. The Bertz CT molecular complexity index is 908. The number of carboxylic acid groups (broad SMARTS) is 1. The quantitative estimate of drug-likeness (QED) is 0.862. The number of fused-ring (bicyclic) bond motifs is 1. The summed E-state index contributed by atoms with van der Waals surface area (Å²) in [6.45, 7) is 5.52. The highest BCUT2D eigenvalue weighted by Gasteiger charge is 2.25. The Labute approximate surface area is 147 Å². The van der Waals surface area contributed by atoms with Gasteiger partial charge in [0.25, 0.3) is 0 Å². The van der Waals surface area contributed by atoms with E-state index in [2.05, 4.69) is 11.9 Å². The van der Waals surface area contributed by atoms with E-state index in [4.69, 9.17) is 5.11 Å². The van der Waals surface area contributed by atoms with Gasteiger partial charge >= 0.3 is 5.97 Å². The van der Waals surface area contributed by atoms with E-state index in [1.165, 1.54) is 6.20 Å². The molecular weight excluding hydrogens is 356 g/mol. The van der Waals surface area contributed by atoms with Gasteiger partial charge in [-0.25, -0.2) is 13.6 Å². The van der Waals surface area contributed by atoms with Crippen molar-refractivity contribution in [2.45, 2.75) is 0 Å². The summed E-state index contributed by atoms with van der Waals surface area (Å²) in [6, 6.07) is 0.893. The Morgan fingerprint density at radius 3 is 2.52 bits per heavy atom. The Kier molecular flexibility index (Phi) is 5.44. The van der Waals surface area contributed by atoms with Crippen LogP contribution in [0.15, 0.2) is 23.6 Å². The fourth-order valence-electron chi connectivity index (χ4n) is 2.91. The molecule has 3 rings (SSSR count). The van der Waals surface area contributed by atoms with Gasteiger partial charge in [0.2, 0.25) is 5.43 Å². The molecule has 0 atom stereocenters. The van der Waals surface area contributed by atoms with Gasteiger partial charge in [0.15, 0.2) is 5.82 Å². The molecule has 0 spiro atoms. The second kappa shape index (κ2) is 7.20. The Morgan fingerprint density at radius 1 is 1.32 bits per heavy atom. The second-order valence-corrected chi connectivity index (χ2v) is 5.42. The highest BCUT2D eigenvalue weighted by Crippen LogP contribution is 2.30. The van der Waals surface area contributed by atoms with Crippen molar-refractivity contribution in [3.8, 4) is 0 Å². The van der Waals surface area contributed by atoms with Crippen molar-refractivity contribution in [1.82, 2.24) is 9.88 Å². The number of nitrogens with one attached hydrogen (secondary N) is 1. The number of benzene rings is 1. The average molecular weight is 372 g/mol. The van der Waals surface area contributed by atoms with Gasteiger partial charge in [-0.05, 0) is 6.07 Å². The van der Waals surface area contributed by atoms with Gasteiger partial charge in [-0.1, -0.05) is 6.58 Å². The lowest BCUT2D eigenvalue weighted by atomic mass is 10.1. The van der Waals surface area contributed by atoms with Crippen LogP contribution in [0.2, 0.25) is 0 Å². The van der Waals surface area contributed by atoms with Crippen LogP contribution in [0.5, 0.6) is 0 Å². The molecule has 0 amide bonds. The van der Waals surface area contributed by atoms with Gasteiger partial charge in [0.1, 0.15) is 17.1 Å². The molecule has 1 aliphatic heterocycles. The maximum atomic E-state index is 15.0. The van der Waals surface area contributed by atoms with Crippen molar-refractivity contribution < 1.29 is 18.7 Å². The first kappa shape index (κ1) is 18.9. The zero-order valence-corrected chi connectivity index (χ0v) is 13.9. The van der Waals surface area contributed by atoms with Crippen LogP contribution >= 0.6 is 12.4 Å². The van der Waals surface area contributed by atoms with Crippen LogP contribution in [-0.4, -0.2) is 41.8 Å². The molecule has 0 aliphatic carbocycles. The summed E-state index contributed by atoms with van der Waals surface area (Å²) >= 11 is 0. The van der Waals surface area contributed by atoms with E-state index < -0.39 is 28.6 Å². The molecule has 1 saturated heterocycles. The molecule has 1 aliphatic rings. The molecule has 2 heterocycles. The van der Waals surface area contributed by atoms with E-state index in [0.29, 0.717) is 26.2 Å². The van der Waals surface area contributed by atoms with Crippen molar-refractivity contribution in [1.29, 1.82) is 0 Å². The Morgan fingerprint density at radius 2 is 1.96 bits per heavy atom. The average Bonchev–Trinajstić information content (AvgIpc) is 2.56. The van der Waals surface area contributed by atoms with E-state index >= 15 is 4.39 Å². The van der Waals surface area contributed by atoms with E-state index in [9.17, 15) is 14.0 Å². The molecule has 6 nitrogen and oxygen atoms in total. The number of nitrogens with zero attached hydrogens (tertiary/aromatic N) is 2. The highest BCUT2D eigenvalue weighted by molar-refractivity contribution is 5.94. The van der Waals surface area contributed by atoms with E-state index in [0.717, 1.165) is 16.8 Å². The maximum Gasteiger partial charge on any atom is 0.341 e. The van der Waals surface area contributed by atoms with Gasteiger partial charge in [0.05, 0.1) is 10.9 Å². The molecule has 1 aromatic carbocycles. The number of piperazine rings is 1. The smallest absolute Gasteiger partial charge is 0.341 e. The predicted octanol–water partition coefficient (Wildman–Crippen LogP) is 1.91. The number of hydrogen-bond acceptors (Lipinski definition) is 4. The number of aromatic nitrogens is 1. The predicted molar refractivity (Wildman–Crippen MR) is 93.8 cm³/mol. The first-order valence-electron chi connectivity index (χ1n) is 7.34. The summed E-state index contributed by atoms with van der Waals surface area (Å²) in [5.41, 5.74) is -1.91. The van der Waals surface area contributed by atoms with Crippen LogP contribution in [0.1, 0.15) is 10.4 Å². The van der Waals surface area contributed by atoms with Crippen molar-refractivity contribution in [3.63, 3.8) is 0 Å². The molecule has 0 bridgehead atoms. The van der Waals surface area contributed by atoms with E-state index in [1.54, 1.807) is 4.90 Å². The third-order valence-electron chi connectivity index (χ3n) is 4.04. The summed E-state index contributed by atoms with van der Waals surface area (Å²) in [6.07, 6.45) is 2.17. The van der Waals surface area contributed by atoms with Crippen LogP contribution in [-0.2, 0) is 0 Å². The molecule has 1 aromatic heterocycles. The van der Waals surface area contributed by atoms with Crippen LogP contribution in [0, 0.1) is 11.6 Å². The standard InChI is InChI=1S/C16H15F2N3O3.ClH/c1-2-20-8-10(16(23)24)15(22)9-7-11(17)14(12(18)13(9)20)21-5-3-19-4-6-21;/h2,7-8,19H,1,3-6H2,(H,23,24);1H. The number of halogens is 3. The minimum atomic E-state index is -1.47. The Hall–Kier alpha value is -2.45. The fourth-order valence-corrected chi connectivity index (χ4v) is 2.91. The normalized spacial score (nSPS) is 14.2. The van der Waals surface area contributed by atoms with E-state index in [-0.39, 0.29) is 29.0 Å². The minimum absolute atomic E-state index is 0. The number of carboxylic acids is 1. The molecule has 0 saturated carbocycles. The number of rotatable bonds is 3. The molecule has 1 fully saturated rings. The maximum absolute atomic E-state index is 15.0. The topological polar surface area (TPSA) is 74.6 Å². The lowest BCUT2D eigenvalue weighted by Crippen LogP contribution is -2.44. The Balaban J connectivity index is 0.00000225. The molecule has 2 N–H and O–H groups in total. The number of hydrogen-bond donors (Lipinski definition) is 2. The van der Waals surface area contributed by atoms with Gasteiger partial charge in [-0.3, -0.25) is 4.79 Å². The number of carbonyl (C=O) groups is 1. The van der Waals surface area contributed by atoms with Gasteiger partial charge < -0.3 is 19.9 Å². The molecule has 2 aromatic rings. The second-order valence-electron chi connectivity index (χ2n) is 5.42. The summed E-state index contributed by atoms with van der Waals surface area (Å²) in [4.78, 5) is 25.0. The van der Waals surface area contributed by atoms with Gasteiger partial charge in [0, 0.05) is 38.6 Å². The van der Waals surface area contributed by atoms with Gasteiger partial charge in [-0.15, -0.1) is 12.4 Å². The molecule has 134 valence electrons. The third kappa shape index (κ3) is 3.10.